The van der Waals surface area contributed by atoms with Gasteiger partial charge in [0.1, 0.15) is 5.41 Å². The number of nitrogens with zero attached hydrogens (tertiary/aromatic N) is 2. The molecular formula is C19H23F3N4O2. The Morgan fingerprint density at radius 3 is 2.57 bits per heavy atom. The number of rotatable bonds is 4. The van der Waals surface area contributed by atoms with Crippen LogP contribution in [0.2, 0.25) is 0 Å². The van der Waals surface area contributed by atoms with Crippen LogP contribution in [0.25, 0.3) is 0 Å². The summed E-state index contributed by atoms with van der Waals surface area (Å²) < 4.78 is 39.5. The Morgan fingerprint density at radius 2 is 2.04 bits per heavy atom. The van der Waals surface area contributed by atoms with Crippen molar-refractivity contribution in [3.05, 3.63) is 29.8 Å². The van der Waals surface area contributed by atoms with Gasteiger partial charge in [0.05, 0.1) is 11.5 Å². The second kappa shape index (κ2) is 6.49. The highest BCUT2D eigenvalue weighted by atomic mass is 19.4. The molecular weight excluding hydrogens is 373 g/mol. The molecule has 152 valence electrons. The lowest BCUT2D eigenvalue weighted by molar-refractivity contribution is -0.189. The Labute approximate surface area is 161 Å². The van der Waals surface area contributed by atoms with Crippen LogP contribution in [0, 0.1) is 11.3 Å². The summed E-state index contributed by atoms with van der Waals surface area (Å²) in [6.07, 6.45) is -4.49. The average molecular weight is 396 g/mol. The Kier molecular flexibility index (Phi) is 4.68. The van der Waals surface area contributed by atoms with Gasteiger partial charge in [-0.25, -0.2) is 4.99 Å². The van der Waals surface area contributed by atoms with Gasteiger partial charge in [-0.05, 0) is 43.9 Å². The lowest BCUT2D eigenvalue weighted by Gasteiger charge is -2.40. The molecule has 3 rings (SSSR count). The summed E-state index contributed by atoms with van der Waals surface area (Å²) in [5.74, 6) is -1.65. The number of amides is 2. The topological polar surface area (TPSA) is 87.8 Å². The van der Waals surface area contributed by atoms with Crippen LogP contribution in [-0.4, -0.2) is 35.9 Å². The van der Waals surface area contributed by atoms with Gasteiger partial charge in [-0.15, -0.1) is 0 Å². The molecule has 0 radical (unpaired) electrons. The standard InChI is InChI=1S/C19H23F3N4O2/c1-4-13-14(27)26(3)16(23)25-17(13,2)11-6-5-7-12(10-11)24-15(28)18(8-9-18)19(20,21)22/h5-7,10,13H,4,8-9H2,1-3H3,(H2,23,25)(H,24,28)/t13-,17+/m0/s1. The van der Waals surface area contributed by atoms with E-state index in [9.17, 15) is 22.8 Å². The Bertz CT molecular complexity index is 848. The van der Waals surface area contributed by atoms with Gasteiger partial charge in [-0.1, -0.05) is 19.1 Å². The lowest BCUT2D eigenvalue weighted by Crippen LogP contribution is -2.53. The van der Waals surface area contributed by atoms with Gasteiger partial charge in [0, 0.05) is 12.7 Å². The molecule has 3 N–H and O–H groups in total. The first-order valence-electron chi connectivity index (χ1n) is 9.08. The first-order chi connectivity index (χ1) is 13.0. The fourth-order valence-electron chi connectivity index (χ4n) is 3.74. The van der Waals surface area contributed by atoms with Crippen LogP contribution < -0.4 is 11.1 Å². The van der Waals surface area contributed by atoms with Gasteiger partial charge in [0.25, 0.3) is 0 Å². The molecule has 1 saturated carbocycles. The van der Waals surface area contributed by atoms with Gasteiger partial charge in [0.2, 0.25) is 11.8 Å². The maximum Gasteiger partial charge on any atom is 0.403 e. The maximum atomic E-state index is 13.2. The molecule has 6 nitrogen and oxygen atoms in total. The molecule has 0 spiro atoms. The van der Waals surface area contributed by atoms with Gasteiger partial charge in [-0.2, -0.15) is 13.2 Å². The van der Waals surface area contributed by atoms with Gasteiger partial charge in [-0.3, -0.25) is 14.5 Å². The van der Waals surface area contributed by atoms with Crippen molar-refractivity contribution in [2.45, 2.75) is 44.8 Å². The third-order valence-corrected chi connectivity index (χ3v) is 5.84. The molecule has 1 aromatic carbocycles. The highest BCUT2D eigenvalue weighted by Gasteiger charge is 2.68. The molecule has 1 aromatic rings. The van der Waals surface area contributed by atoms with E-state index in [2.05, 4.69) is 10.3 Å². The zero-order chi connectivity index (χ0) is 20.9. The molecule has 2 atom stereocenters. The zero-order valence-electron chi connectivity index (χ0n) is 15.9. The number of aliphatic imine (C=N–C) groups is 1. The normalized spacial score (nSPS) is 26.6. The van der Waals surface area contributed by atoms with Crippen molar-refractivity contribution in [2.75, 3.05) is 12.4 Å². The van der Waals surface area contributed by atoms with E-state index in [-0.39, 0.29) is 30.4 Å². The SMILES string of the molecule is CC[C@H]1C(=O)N(C)C(N)=N[C@]1(C)c1cccc(NC(=O)C2(C(F)(F)F)CC2)c1. The number of halogens is 3. The monoisotopic (exact) mass is 396 g/mol. The highest BCUT2D eigenvalue weighted by molar-refractivity contribution is 6.00. The summed E-state index contributed by atoms with van der Waals surface area (Å²) in [5.41, 5.74) is 3.44. The summed E-state index contributed by atoms with van der Waals surface area (Å²) in [7, 11) is 1.55. The number of hydrogen-bond donors (Lipinski definition) is 2. The molecule has 1 aliphatic carbocycles. The molecule has 9 heteroatoms. The molecule has 1 aliphatic heterocycles. The third-order valence-electron chi connectivity index (χ3n) is 5.84. The number of nitrogens with one attached hydrogen (secondary N) is 1. The fourth-order valence-corrected chi connectivity index (χ4v) is 3.74. The first-order valence-corrected chi connectivity index (χ1v) is 9.08. The fraction of sp³-hybridized carbons (Fsp3) is 0.526. The molecule has 2 amide bonds. The minimum Gasteiger partial charge on any atom is -0.369 e. The minimum absolute atomic E-state index is 0.0700. The van der Waals surface area contributed by atoms with Crippen LogP contribution in [0.15, 0.2) is 29.3 Å². The van der Waals surface area contributed by atoms with E-state index in [0.717, 1.165) is 0 Å². The highest BCUT2D eigenvalue weighted by Crippen LogP contribution is 2.58. The number of nitrogens with two attached hydrogens (primary N) is 1. The quantitative estimate of drug-likeness (QED) is 0.820. The Morgan fingerprint density at radius 1 is 1.39 bits per heavy atom. The number of carbonyl (C=O) groups excluding carboxylic acids is 2. The predicted octanol–water partition coefficient (Wildman–Crippen LogP) is 3.00. The number of benzene rings is 1. The van der Waals surface area contributed by atoms with Crippen LogP contribution in [0.3, 0.4) is 0 Å². The van der Waals surface area contributed by atoms with Crippen molar-refractivity contribution < 1.29 is 22.8 Å². The van der Waals surface area contributed by atoms with E-state index in [1.807, 2.05) is 6.92 Å². The minimum atomic E-state index is -4.58. The van der Waals surface area contributed by atoms with Crippen molar-refractivity contribution in [1.29, 1.82) is 0 Å². The second-order valence-electron chi connectivity index (χ2n) is 7.59. The molecule has 0 aromatic heterocycles. The van der Waals surface area contributed by atoms with Gasteiger partial charge < -0.3 is 11.1 Å². The first kappa shape index (κ1) is 20.2. The van der Waals surface area contributed by atoms with Gasteiger partial charge in [0.15, 0.2) is 5.96 Å². The molecule has 0 unspecified atom stereocenters. The van der Waals surface area contributed by atoms with Crippen molar-refractivity contribution >= 4 is 23.5 Å². The van der Waals surface area contributed by atoms with Crippen LogP contribution in [0.5, 0.6) is 0 Å². The number of hydrogen-bond acceptors (Lipinski definition) is 4. The summed E-state index contributed by atoms with van der Waals surface area (Å²) in [6.45, 7) is 3.62. The predicted molar refractivity (Wildman–Crippen MR) is 98.3 cm³/mol. The van der Waals surface area contributed by atoms with Crippen molar-refractivity contribution in [3.8, 4) is 0 Å². The second-order valence-corrected chi connectivity index (χ2v) is 7.59. The Hall–Kier alpha value is -2.58. The van der Waals surface area contributed by atoms with E-state index < -0.39 is 29.0 Å². The molecule has 0 saturated heterocycles. The summed E-state index contributed by atoms with van der Waals surface area (Å²) in [6, 6.07) is 6.42. The molecule has 2 aliphatic rings. The summed E-state index contributed by atoms with van der Waals surface area (Å²) in [5, 5.41) is 2.38. The van der Waals surface area contributed by atoms with E-state index in [4.69, 9.17) is 5.73 Å². The van der Waals surface area contributed by atoms with Crippen molar-refractivity contribution in [3.63, 3.8) is 0 Å². The molecule has 28 heavy (non-hydrogen) atoms. The van der Waals surface area contributed by atoms with Crippen molar-refractivity contribution in [1.82, 2.24) is 4.90 Å². The van der Waals surface area contributed by atoms with E-state index in [0.29, 0.717) is 12.0 Å². The zero-order valence-corrected chi connectivity index (χ0v) is 15.9. The third kappa shape index (κ3) is 3.02. The van der Waals surface area contributed by atoms with Crippen molar-refractivity contribution in [2.24, 2.45) is 22.1 Å². The van der Waals surface area contributed by atoms with E-state index in [1.54, 1.807) is 32.2 Å². The molecule has 0 bridgehead atoms. The number of carbonyl (C=O) groups is 2. The average Bonchev–Trinajstić information content (AvgIpc) is 3.42. The maximum absolute atomic E-state index is 13.2. The Balaban J connectivity index is 1.93. The summed E-state index contributed by atoms with van der Waals surface area (Å²) in [4.78, 5) is 30.7. The number of alkyl halides is 3. The van der Waals surface area contributed by atoms with Crippen LogP contribution in [-0.2, 0) is 15.1 Å². The number of guanidine groups is 1. The van der Waals surface area contributed by atoms with E-state index in [1.165, 1.54) is 11.0 Å². The van der Waals surface area contributed by atoms with Crippen LogP contribution >= 0.6 is 0 Å². The van der Waals surface area contributed by atoms with Crippen LogP contribution in [0.1, 0.15) is 38.7 Å². The smallest absolute Gasteiger partial charge is 0.369 e. The molecule has 1 fully saturated rings. The van der Waals surface area contributed by atoms with Crippen LogP contribution in [0.4, 0.5) is 18.9 Å². The molecule has 1 heterocycles. The van der Waals surface area contributed by atoms with E-state index >= 15 is 0 Å². The summed E-state index contributed by atoms with van der Waals surface area (Å²) >= 11 is 0. The number of anilines is 1. The van der Waals surface area contributed by atoms with Gasteiger partial charge >= 0.3 is 6.18 Å². The lowest BCUT2D eigenvalue weighted by atomic mass is 9.76. The largest absolute Gasteiger partial charge is 0.403 e.